The van der Waals surface area contributed by atoms with Crippen molar-refractivity contribution in [2.45, 2.75) is 25.9 Å². The van der Waals surface area contributed by atoms with Crippen molar-refractivity contribution in [2.24, 2.45) is 0 Å². The number of benzene rings is 1. The summed E-state index contributed by atoms with van der Waals surface area (Å²) in [7, 11) is 0. The minimum atomic E-state index is -0.0212. The van der Waals surface area contributed by atoms with Gasteiger partial charge in [-0.1, -0.05) is 24.3 Å². The zero-order valence-corrected chi connectivity index (χ0v) is 14.6. The molecule has 1 aliphatic rings. The number of ether oxygens (including phenoxy) is 1. The molecule has 0 atom stereocenters. The first kappa shape index (κ1) is 16.4. The normalized spacial score (nSPS) is 15.2. The van der Waals surface area contributed by atoms with E-state index in [2.05, 4.69) is 15.0 Å². The van der Waals surface area contributed by atoms with Crippen LogP contribution < -0.4 is 4.74 Å². The van der Waals surface area contributed by atoms with Gasteiger partial charge in [-0.25, -0.2) is 9.97 Å². The Kier molecular flexibility index (Phi) is 4.48. The Hall–Kier alpha value is -3.02. The summed E-state index contributed by atoms with van der Waals surface area (Å²) in [6.45, 7) is 3.15. The van der Waals surface area contributed by atoms with Crippen LogP contribution in [-0.4, -0.2) is 45.0 Å². The first-order chi connectivity index (χ1) is 12.7. The van der Waals surface area contributed by atoms with Gasteiger partial charge < -0.3 is 9.64 Å². The highest BCUT2D eigenvalue weighted by Crippen LogP contribution is 2.19. The van der Waals surface area contributed by atoms with Crippen LogP contribution in [0.2, 0.25) is 0 Å². The summed E-state index contributed by atoms with van der Waals surface area (Å²) < 4.78 is 5.92. The number of carbonyl (C=O) groups is 1. The number of hydrogen-bond acceptors (Lipinski definition) is 5. The molecule has 3 aromatic rings. The van der Waals surface area contributed by atoms with Crippen molar-refractivity contribution in [2.75, 3.05) is 13.1 Å². The Bertz CT molecular complexity index is 936. The third-order valence-electron chi connectivity index (χ3n) is 4.58. The average Bonchev–Trinajstić information content (AvgIpc) is 2.68. The molecule has 132 valence electrons. The molecule has 1 amide bonds. The number of hydrogen-bond donors (Lipinski definition) is 0. The number of carbonyl (C=O) groups excluding carboxylic acids is 1. The number of aromatic nitrogens is 3. The first-order valence-corrected chi connectivity index (χ1v) is 8.80. The van der Waals surface area contributed by atoms with E-state index in [0.29, 0.717) is 30.5 Å². The van der Waals surface area contributed by atoms with E-state index in [-0.39, 0.29) is 12.0 Å². The van der Waals surface area contributed by atoms with Gasteiger partial charge in [-0.3, -0.25) is 4.79 Å². The molecule has 0 N–H and O–H groups in total. The van der Waals surface area contributed by atoms with Crippen molar-refractivity contribution in [3.05, 3.63) is 60.2 Å². The van der Waals surface area contributed by atoms with Gasteiger partial charge in [-0.2, -0.15) is 4.98 Å². The summed E-state index contributed by atoms with van der Waals surface area (Å²) in [6, 6.07) is 13.3. The predicted octanol–water partition coefficient (Wildman–Crippen LogP) is 3.02. The fourth-order valence-corrected chi connectivity index (χ4v) is 3.19. The standard InChI is InChI=1S/C20H20N4O2/c1-14-21-11-8-19(22-14)26-16-9-12-24(13-10-16)20(25)18-7-6-15-4-2-3-5-17(15)23-18/h2-8,11,16H,9-10,12-13H2,1H3. The van der Waals surface area contributed by atoms with Crippen LogP contribution in [0.25, 0.3) is 10.9 Å². The second-order valence-corrected chi connectivity index (χ2v) is 6.44. The lowest BCUT2D eigenvalue weighted by atomic mass is 10.1. The second-order valence-electron chi connectivity index (χ2n) is 6.44. The number of amides is 1. The molecular formula is C20H20N4O2. The van der Waals surface area contributed by atoms with Crippen molar-refractivity contribution >= 4 is 16.8 Å². The molecule has 0 saturated carbocycles. The molecule has 2 aromatic heterocycles. The van der Waals surface area contributed by atoms with Gasteiger partial charge in [0.15, 0.2) is 0 Å². The third kappa shape index (κ3) is 3.49. The van der Waals surface area contributed by atoms with Crippen LogP contribution in [0.5, 0.6) is 5.88 Å². The monoisotopic (exact) mass is 348 g/mol. The molecule has 26 heavy (non-hydrogen) atoms. The number of pyridine rings is 1. The van der Waals surface area contributed by atoms with Gasteiger partial charge in [0.2, 0.25) is 5.88 Å². The van der Waals surface area contributed by atoms with Gasteiger partial charge in [-0.05, 0) is 19.1 Å². The largest absolute Gasteiger partial charge is 0.474 e. The van der Waals surface area contributed by atoms with Crippen molar-refractivity contribution in [3.63, 3.8) is 0 Å². The van der Waals surface area contributed by atoms with Crippen molar-refractivity contribution in [3.8, 4) is 5.88 Å². The lowest BCUT2D eigenvalue weighted by Crippen LogP contribution is -2.42. The van der Waals surface area contributed by atoms with Gasteiger partial charge in [0.1, 0.15) is 17.6 Å². The van der Waals surface area contributed by atoms with Crippen molar-refractivity contribution in [1.82, 2.24) is 19.9 Å². The summed E-state index contributed by atoms with van der Waals surface area (Å²) in [4.78, 5) is 27.5. The van der Waals surface area contributed by atoms with E-state index in [1.807, 2.05) is 42.2 Å². The zero-order valence-electron chi connectivity index (χ0n) is 14.6. The van der Waals surface area contributed by atoms with Gasteiger partial charge in [0, 0.05) is 43.6 Å². The van der Waals surface area contributed by atoms with Crippen molar-refractivity contribution in [1.29, 1.82) is 0 Å². The molecule has 1 fully saturated rings. The number of likely N-dealkylation sites (tertiary alicyclic amines) is 1. The molecule has 6 heteroatoms. The molecule has 3 heterocycles. The highest BCUT2D eigenvalue weighted by Gasteiger charge is 2.25. The van der Waals surface area contributed by atoms with Crippen LogP contribution in [0.3, 0.4) is 0 Å². The number of rotatable bonds is 3. The smallest absolute Gasteiger partial charge is 0.272 e. The number of para-hydroxylation sites is 1. The maximum absolute atomic E-state index is 12.8. The molecule has 1 aliphatic heterocycles. The van der Waals surface area contributed by atoms with E-state index in [4.69, 9.17) is 4.74 Å². The molecule has 0 radical (unpaired) electrons. The summed E-state index contributed by atoms with van der Waals surface area (Å²) >= 11 is 0. The SMILES string of the molecule is Cc1nccc(OC2CCN(C(=O)c3ccc4ccccc4n3)CC2)n1. The summed E-state index contributed by atoms with van der Waals surface area (Å²) in [5.74, 6) is 1.27. The molecule has 1 aromatic carbocycles. The van der Waals surface area contributed by atoms with E-state index in [0.717, 1.165) is 23.7 Å². The van der Waals surface area contributed by atoms with E-state index >= 15 is 0 Å². The zero-order chi connectivity index (χ0) is 17.9. The van der Waals surface area contributed by atoms with Crippen molar-refractivity contribution < 1.29 is 9.53 Å². The van der Waals surface area contributed by atoms with Gasteiger partial charge in [0.25, 0.3) is 5.91 Å². The van der Waals surface area contributed by atoms with Crippen LogP contribution in [0, 0.1) is 6.92 Å². The average molecular weight is 348 g/mol. The Morgan fingerprint density at radius 2 is 1.88 bits per heavy atom. The topological polar surface area (TPSA) is 68.2 Å². The molecule has 0 aliphatic carbocycles. The van der Waals surface area contributed by atoms with E-state index < -0.39 is 0 Å². The van der Waals surface area contributed by atoms with Crippen LogP contribution in [0.4, 0.5) is 0 Å². The molecule has 0 bridgehead atoms. The van der Waals surface area contributed by atoms with Crippen LogP contribution in [-0.2, 0) is 0 Å². The molecule has 1 saturated heterocycles. The minimum Gasteiger partial charge on any atom is -0.474 e. The number of aryl methyl sites for hydroxylation is 1. The quantitative estimate of drug-likeness (QED) is 0.728. The highest BCUT2D eigenvalue weighted by atomic mass is 16.5. The number of piperidine rings is 1. The van der Waals surface area contributed by atoms with E-state index in [1.54, 1.807) is 18.3 Å². The predicted molar refractivity (Wildman–Crippen MR) is 98.1 cm³/mol. The second kappa shape index (κ2) is 7.07. The summed E-state index contributed by atoms with van der Waals surface area (Å²) in [5.41, 5.74) is 1.34. The lowest BCUT2D eigenvalue weighted by molar-refractivity contribution is 0.0582. The van der Waals surface area contributed by atoms with E-state index in [1.165, 1.54) is 0 Å². The van der Waals surface area contributed by atoms with Gasteiger partial charge >= 0.3 is 0 Å². The third-order valence-corrected chi connectivity index (χ3v) is 4.58. The van der Waals surface area contributed by atoms with Gasteiger partial charge in [-0.15, -0.1) is 0 Å². The van der Waals surface area contributed by atoms with E-state index in [9.17, 15) is 4.79 Å². The molecule has 0 unspecified atom stereocenters. The molecular weight excluding hydrogens is 328 g/mol. The number of fused-ring (bicyclic) bond motifs is 1. The maximum atomic E-state index is 12.8. The molecule has 0 spiro atoms. The lowest BCUT2D eigenvalue weighted by Gasteiger charge is -2.31. The summed E-state index contributed by atoms with van der Waals surface area (Å²) in [6.07, 6.45) is 3.32. The Morgan fingerprint density at radius 1 is 1.08 bits per heavy atom. The molecule has 6 nitrogen and oxygen atoms in total. The van der Waals surface area contributed by atoms with Crippen LogP contribution in [0.1, 0.15) is 29.2 Å². The van der Waals surface area contributed by atoms with Gasteiger partial charge in [0.05, 0.1) is 5.52 Å². The fraction of sp³-hybridized carbons (Fsp3) is 0.300. The fourth-order valence-electron chi connectivity index (χ4n) is 3.19. The Labute approximate surface area is 151 Å². The first-order valence-electron chi connectivity index (χ1n) is 8.80. The molecule has 4 rings (SSSR count). The maximum Gasteiger partial charge on any atom is 0.272 e. The van der Waals surface area contributed by atoms with Crippen LogP contribution in [0.15, 0.2) is 48.7 Å². The Balaban J connectivity index is 1.39. The Morgan fingerprint density at radius 3 is 2.69 bits per heavy atom. The summed E-state index contributed by atoms with van der Waals surface area (Å²) in [5, 5.41) is 1.04. The number of nitrogens with zero attached hydrogens (tertiary/aromatic N) is 4. The van der Waals surface area contributed by atoms with Crippen LogP contribution >= 0.6 is 0 Å². The minimum absolute atomic E-state index is 0.0212. The highest BCUT2D eigenvalue weighted by molar-refractivity contribution is 5.94.